The number of nitrogens with one attached hydrogen (secondary N) is 1. The number of amidine groups is 1. The zero-order valence-corrected chi connectivity index (χ0v) is 12.2. The Morgan fingerprint density at radius 1 is 1.28 bits per heavy atom. The van der Waals surface area contributed by atoms with E-state index in [9.17, 15) is 0 Å². The first-order valence-corrected chi connectivity index (χ1v) is 7.64. The van der Waals surface area contributed by atoms with Crippen molar-refractivity contribution < 1.29 is 0 Å². The smallest absolute Gasteiger partial charge is 0.157 e. The third-order valence-electron chi connectivity index (χ3n) is 3.38. The third-order valence-corrected chi connectivity index (χ3v) is 4.43. The Morgan fingerprint density at radius 2 is 2.00 bits per heavy atom. The SMILES string of the molecule is CC(C)C(C)NC1=NC(Cc2ccccc2)CS1. The summed E-state index contributed by atoms with van der Waals surface area (Å²) in [5.41, 5.74) is 1.38. The van der Waals surface area contributed by atoms with Gasteiger partial charge in [-0.15, -0.1) is 0 Å². The molecular weight excluding hydrogens is 240 g/mol. The quantitative estimate of drug-likeness (QED) is 0.900. The van der Waals surface area contributed by atoms with Crippen molar-refractivity contribution in [1.82, 2.24) is 5.32 Å². The number of thioether (sulfide) groups is 1. The molecule has 1 N–H and O–H groups in total. The van der Waals surface area contributed by atoms with Crippen LogP contribution < -0.4 is 5.32 Å². The highest BCUT2D eigenvalue weighted by Gasteiger charge is 2.20. The van der Waals surface area contributed by atoms with Gasteiger partial charge < -0.3 is 5.32 Å². The summed E-state index contributed by atoms with van der Waals surface area (Å²) >= 11 is 1.85. The molecule has 1 aliphatic rings. The fourth-order valence-corrected chi connectivity index (χ4v) is 2.88. The third kappa shape index (κ3) is 3.77. The van der Waals surface area contributed by atoms with Crippen LogP contribution in [0.1, 0.15) is 26.3 Å². The first kappa shape index (κ1) is 13.5. The molecule has 0 saturated carbocycles. The molecule has 0 radical (unpaired) electrons. The first-order valence-electron chi connectivity index (χ1n) is 6.66. The topological polar surface area (TPSA) is 24.4 Å². The van der Waals surface area contributed by atoms with Crippen molar-refractivity contribution in [2.75, 3.05) is 5.75 Å². The Hall–Kier alpha value is -0.960. The van der Waals surface area contributed by atoms with E-state index in [1.807, 2.05) is 11.8 Å². The van der Waals surface area contributed by atoms with Gasteiger partial charge in [0.05, 0.1) is 6.04 Å². The van der Waals surface area contributed by atoms with E-state index in [-0.39, 0.29) is 0 Å². The van der Waals surface area contributed by atoms with Crippen molar-refractivity contribution in [3.63, 3.8) is 0 Å². The molecule has 0 bridgehead atoms. The van der Waals surface area contributed by atoms with E-state index in [1.54, 1.807) is 0 Å². The second-order valence-electron chi connectivity index (χ2n) is 5.27. The van der Waals surface area contributed by atoms with Gasteiger partial charge in [-0.2, -0.15) is 0 Å². The Kier molecular flexibility index (Phi) is 4.70. The van der Waals surface area contributed by atoms with Crippen molar-refractivity contribution in [3.05, 3.63) is 35.9 Å². The van der Waals surface area contributed by atoms with Gasteiger partial charge >= 0.3 is 0 Å². The highest BCUT2D eigenvalue weighted by Crippen LogP contribution is 2.20. The molecule has 0 aliphatic carbocycles. The summed E-state index contributed by atoms with van der Waals surface area (Å²) < 4.78 is 0. The van der Waals surface area contributed by atoms with Crippen LogP contribution in [0.25, 0.3) is 0 Å². The Morgan fingerprint density at radius 3 is 2.67 bits per heavy atom. The van der Waals surface area contributed by atoms with Gasteiger partial charge in [0.2, 0.25) is 0 Å². The van der Waals surface area contributed by atoms with Crippen LogP contribution in [0.2, 0.25) is 0 Å². The second-order valence-corrected chi connectivity index (χ2v) is 6.27. The number of benzene rings is 1. The maximum atomic E-state index is 4.77. The normalized spacial score (nSPS) is 20.9. The number of nitrogens with zero attached hydrogens (tertiary/aromatic N) is 1. The van der Waals surface area contributed by atoms with Crippen molar-refractivity contribution in [2.45, 2.75) is 39.3 Å². The molecule has 1 heterocycles. The summed E-state index contributed by atoms with van der Waals surface area (Å²) in [5.74, 6) is 1.74. The largest absolute Gasteiger partial charge is 0.362 e. The molecule has 2 atom stereocenters. The molecule has 0 aromatic heterocycles. The fraction of sp³-hybridized carbons (Fsp3) is 0.533. The van der Waals surface area contributed by atoms with Gasteiger partial charge in [0, 0.05) is 11.8 Å². The second kappa shape index (κ2) is 6.28. The van der Waals surface area contributed by atoms with E-state index < -0.39 is 0 Å². The van der Waals surface area contributed by atoms with Crippen LogP contribution in [-0.4, -0.2) is 23.0 Å². The van der Waals surface area contributed by atoms with E-state index in [2.05, 4.69) is 56.4 Å². The Labute approximate surface area is 114 Å². The lowest BCUT2D eigenvalue weighted by Gasteiger charge is -2.17. The highest BCUT2D eigenvalue weighted by molar-refractivity contribution is 8.14. The molecule has 2 nitrogen and oxygen atoms in total. The molecule has 3 heteroatoms. The predicted octanol–water partition coefficient (Wildman–Crippen LogP) is 3.33. The van der Waals surface area contributed by atoms with Crippen LogP contribution in [0.15, 0.2) is 35.3 Å². The van der Waals surface area contributed by atoms with Gasteiger partial charge in [-0.25, -0.2) is 0 Å². The number of aliphatic imine (C=N–C) groups is 1. The maximum Gasteiger partial charge on any atom is 0.157 e. The van der Waals surface area contributed by atoms with Crippen LogP contribution in [0.4, 0.5) is 0 Å². The van der Waals surface area contributed by atoms with E-state index in [0.717, 1.165) is 17.3 Å². The summed E-state index contributed by atoms with van der Waals surface area (Å²) in [5, 5.41) is 4.63. The van der Waals surface area contributed by atoms with E-state index in [0.29, 0.717) is 18.0 Å². The maximum absolute atomic E-state index is 4.77. The highest BCUT2D eigenvalue weighted by atomic mass is 32.2. The summed E-state index contributed by atoms with van der Waals surface area (Å²) in [6, 6.07) is 11.5. The average molecular weight is 262 g/mol. The van der Waals surface area contributed by atoms with Gasteiger partial charge in [0.25, 0.3) is 0 Å². The number of hydrogen-bond acceptors (Lipinski definition) is 3. The van der Waals surface area contributed by atoms with Crippen LogP contribution in [-0.2, 0) is 6.42 Å². The zero-order chi connectivity index (χ0) is 13.0. The molecule has 1 aromatic carbocycles. The van der Waals surface area contributed by atoms with E-state index in [4.69, 9.17) is 4.99 Å². The van der Waals surface area contributed by atoms with Crippen LogP contribution in [0, 0.1) is 5.92 Å². The molecule has 1 aliphatic heterocycles. The lowest BCUT2D eigenvalue weighted by atomic mass is 10.1. The minimum absolute atomic E-state index is 0.430. The summed E-state index contributed by atoms with van der Waals surface area (Å²) in [7, 11) is 0. The first-order chi connectivity index (χ1) is 8.65. The summed E-state index contributed by atoms with van der Waals surface area (Å²) in [6.45, 7) is 6.69. The molecule has 18 heavy (non-hydrogen) atoms. The molecule has 1 aromatic rings. The van der Waals surface area contributed by atoms with Crippen molar-refractivity contribution in [2.24, 2.45) is 10.9 Å². The molecule has 2 unspecified atom stereocenters. The number of rotatable bonds is 4. The van der Waals surface area contributed by atoms with Crippen molar-refractivity contribution in [1.29, 1.82) is 0 Å². The molecule has 2 rings (SSSR count). The van der Waals surface area contributed by atoms with Gasteiger partial charge in [-0.05, 0) is 24.8 Å². The predicted molar refractivity (Wildman–Crippen MR) is 81.3 cm³/mol. The van der Waals surface area contributed by atoms with Crippen LogP contribution in [0.5, 0.6) is 0 Å². The van der Waals surface area contributed by atoms with E-state index >= 15 is 0 Å². The minimum Gasteiger partial charge on any atom is -0.362 e. The average Bonchev–Trinajstić information content (AvgIpc) is 2.77. The summed E-state index contributed by atoms with van der Waals surface area (Å²) in [4.78, 5) is 4.77. The molecule has 0 spiro atoms. The minimum atomic E-state index is 0.430. The summed E-state index contributed by atoms with van der Waals surface area (Å²) in [6.07, 6.45) is 1.05. The van der Waals surface area contributed by atoms with Gasteiger partial charge in [0.1, 0.15) is 0 Å². The lowest BCUT2D eigenvalue weighted by Crippen LogP contribution is -2.33. The van der Waals surface area contributed by atoms with Gasteiger partial charge in [0.15, 0.2) is 5.17 Å². The van der Waals surface area contributed by atoms with Crippen LogP contribution >= 0.6 is 11.8 Å². The fourth-order valence-electron chi connectivity index (χ4n) is 1.85. The Bertz CT molecular complexity index is 400. The molecule has 0 amide bonds. The van der Waals surface area contributed by atoms with Crippen molar-refractivity contribution in [3.8, 4) is 0 Å². The van der Waals surface area contributed by atoms with Crippen molar-refractivity contribution >= 4 is 16.9 Å². The van der Waals surface area contributed by atoms with Gasteiger partial charge in [-0.3, -0.25) is 4.99 Å². The lowest BCUT2D eigenvalue weighted by molar-refractivity contribution is 0.489. The Balaban J connectivity index is 1.88. The van der Waals surface area contributed by atoms with Crippen LogP contribution in [0.3, 0.4) is 0 Å². The standard InChI is InChI=1S/C15H22N2S/c1-11(2)12(3)16-15-17-14(10-18-15)9-13-7-5-4-6-8-13/h4-8,11-12,14H,9-10H2,1-3H3,(H,16,17). The molecule has 0 fully saturated rings. The molecular formula is C15H22N2S. The van der Waals surface area contributed by atoms with Gasteiger partial charge in [-0.1, -0.05) is 55.9 Å². The number of hydrogen-bond donors (Lipinski definition) is 1. The molecule has 98 valence electrons. The monoisotopic (exact) mass is 262 g/mol. The zero-order valence-electron chi connectivity index (χ0n) is 11.4. The van der Waals surface area contributed by atoms with E-state index in [1.165, 1.54) is 5.56 Å². The molecule has 0 saturated heterocycles.